The zero-order valence-corrected chi connectivity index (χ0v) is 18.3. The van der Waals surface area contributed by atoms with Gasteiger partial charge in [-0.1, -0.05) is 11.6 Å². The van der Waals surface area contributed by atoms with Crippen molar-refractivity contribution >= 4 is 38.9 Å². The molecule has 2 N–H and O–H groups in total. The summed E-state index contributed by atoms with van der Waals surface area (Å²) in [7, 11) is -1.45. The van der Waals surface area contributed by atoms with Crippen LogP contribution in [0.3, 0.4) is 0 Å². The van der Waals surface area contributed by atoms with Crippen LogP contribution in [0.1, 0.15) is 23.2 Å². The molecule has 0 atom stereocenters. The van der Waals surface area contributed by atoms with Gasteiger partial charge in [0.05, 0.1) is 16.3 Å². The van der Waals surface area contributed by atoms with Crippen molar-refractivity contribution in [1.29, 1.82) is 0 Å². The highest BCUT2D eigenvalue weighted by atomic mass is 35.5. The van der Waals surface area contributed by atoms with Crippen LogP contribution in [0.2, 0.25) is 5.02 Å². The molecule has 1 aliphatic heterocycles. The summed E-state index contributed by atoms with van der Waals surface area (Å²) in [5, 5.41) is 3.47. The van der Waals surface area contributed by atoms with Gasteiger partial charge in [-0.3, -0.25) is 4.79 Å². The minimum Gasteiger partial charge on any atom is -0.367 e. The van der Waals surface area contributed by atoms with Gasteiger partial charge >= 0.3 is 0 Å². The first-order valence-electron chi connectivity index (χ1n) is 9.98. The number of piperazine rings is 1. The van der Waals surface area contributed by atoms with Gasteiger partial charge in [0, 0.05) is 42.8 Å². The average molecular weight is 449 g/mol. The monoisotopic (exact) mass is 448 g/mol. The summed E-state index contributed by atoms with van der Waals surface area (Å²) in [6.45, 7) is 3.62. The second kappa shape index (κ2) is 8.55. The van der Waals surface area contributed by atoms with Crippen molar-refractivity contribution in [1.82, 2.24) is 9.62 Å². The van der Waals surface area contributed by atoms with Crippen LogP contribution in [0, 0.1) is 0 Å². The first kappa shape index (κ1) is 21.1. The number of sulfonamides is 1. The van der Waals surface area contributed by atoms with Gasteiger partial charge < -0.3 is 15.1 Å². The Morgan fingerprint density at radius 2 is 1.70 bits per heavy atom. The second-order valence-electron chi connectivity index (χ2n) is 7.83. The molecule has 0 bridgehead atoms. The first-order valence-corrected chi connectivity index (χ1v) is 11.8. The number of carbonyl (C=O) groups is 1. The minimum atomic E-state index is -3.54. The van der Waals surface area contributed by atoms with E-state index in [1.807, 2.05) is 12.1 Å². The van der Waals surface area contributed by atoms with Gasteiger partial charge in [-0.25, -0.2) is 13.1 Å². The van der Waals surface area contributed by atoms with E-state index >= 15 is 0 Å². The van der Waals surface area contributed by atoms with Crippen molar-refractivity contribution in [3.63, 3.8) is 0 Å². The quantitative estimate of drug-likeness (QED) is 0.710. The number of benzene rings is 2. The third kappa shape index (κ3) is 4.95. The van der Waals surface area contributed by atoms with Gasteiger partial charge in [0.2, 0.25) is 10.0 Å². The van der Waals surface area contributed by atoms with E-state index in [0.717, 1.165) is 44.7 Å². The van der Waals surface area contributed by atoms with E-state index in [1.54, 1.807) is 6.07 Å². The van der Waals surface area contributed by atoms with Gasteiger partial charge in [0.15, 0.2) is 0 Å². The molecule has 2 aromatic carbocycles. The molecule has 0 radical (unpaired) electrons. The molecule has 2 aliphatic rings. The summed E-state index contributed by atoms with van der Waals surface area (Å²) in [6.07, 6.45) is 1.74. The third-order valence-corrected chi connectivity index (χ3v) is 7.15. The topological polar surface area (TPSA) is 81.8 Å². The van der Waals surface area contributed by atoms with Crippen LogP contribution in [0.4, 0.5) is 11.4 Å². The zero-order chi connectivity index (χ0) is 21.3. The van der Waals surface area contributed by atoms with E-state index in [9.17, 15) is 13.2 Å². The van der Waals surface area contributed by atoms with Crippen molar-refractivity contribution in [2.45, 2.75) is 23.8 Å². The van der Waals surface area contributed by atoms with E-state index in [1.165, 1.54) is 24.3 Å². The number of carbonyl (C=O) groups excluding carboxylic acids is 1. The van der Waals surface area contributed by atoms with Crippen molar-refractivity contribution in [3.8, 4) is 0 Å². The Morgan fingerprint density at radius 3 is 2.33 bits per heavy atom. The summed E-state index contributed by atoms with van der Waals surface area (Å²) in [6, 6.07) is 11.5. The zero-order valence-electron chi connectivity index (χ0n) is 16.8. The smallest absolute Gasteiger partial charge is 0.255 e. The number of anilines is 2. The molecule has 0 unspecified atom stereocenters. The average Bonchev–Trinajstić information content (AvgIpc) is 3.52. The fraction of sp³-hybridized carbons (Fsp3) is 0.381. The van der Waals surface area contributed by atoms with Crippen molar-refractivity contribution in [3.05, 3.63) is 53.1 Å². The molecule has 1 saturated heterocycles. The normalized spacial score (nSPS) is 17.7. The molecule has 0 aromatic heterocycles. The van der Waals surface area contributed by atoms with E-state index in [0.29, 0.717) is 16.3 Å². The minimum absolute atomic E-state index is 0.0359. The van der Waals surface area contributed by atoms with Gasteiger partial charge in [-0.15, -0.1) is 0 Å². The highest BCUT2D eigenvalue weighted by Crippen LogP contribution is 2.30. The molecule has 1 aliphatic carbocycles. The number of hydrogen-bond donors (Lipinski definition) is 2. The van der Waals surface area contributed by atoms with Crippen molar-refractivity contribution in [2.75, 3.05) is 43.4 Å². The molecular formula is C21H25ClN4O3S. The third-order valence-electron chi connectivity index (χ3n) is 5.38. The van der Waals surface area contributed by atoms with Gasteiger partial charge in [-0.2, -0.15) is 0 Å². The maximum atomic E-state index is 12.8. The molecule has 9 heteroatoms. The predicted octanol–water partition coefficient (Wildman–Crippen LogP) is 2.78. The molecule has 160 valence electrons. The maximum Gasteiger partial charge on any atom is 0.255 e. The maximum absolute atomic E-state index is 12.8. The lowest BCUT2D eigenvalue weighted by atomic mass is 10.1. The summed E-state index contributed by atoms with van der Waals surface area (Å²) in [5.74, 6) is -0.313. The van der Waals surface area contributed by atoms with Crippen LogP contribution in [-0.2, 0) is 10.0 Å². The van der Waals surface area contributed by atoms with Crippen LogP contribution in [0.15, 0.2) is 47.4 Å². The second-order valence-corrected chi connectivity index (χ2v) is 9.98. The van der Waals surface area contributed by atoms with Gasteiger partial charge in [0.1, 0.15) is 0 Å². The van der Waals surface area contributed by atoms with Crippen LogP contribution >= 0.6 is 11.6 Å². The molecule has 30 heavy (non-hydrogen) atoms. The van der Waals surface area contributed by atoms with Crippen LogP contribution in [0.5, 0.6) is 0 Å². The van der Waals surface area contributed by atoms with Crippen LogP contribution in [0.25, 0.3) is 0 Å². The van der Waals surface area contributed by atoms with E-state index in [-0.39, 0.29) is 16.8 Å². The number of amides is 1. The molecule has 2 fully saturated rings. The number of likely N-dealkylation sites (N-methyl/N-ethyl adjacent to an activating group) is 1. The highest BCUT2D eigenvalue weighted by Gasteiger charge is 2.28. The van der Waals surface area contributed by atoms with Crippen molar-refractivity contribution < 1.29 is 13.2 Å². The van der Waals surface area contributed by atoms with Crippen molar-refractivity contribution in [2.24, 2.45) is 0 Å². The fourth-order valence-electron chi connectivity index (χ4n) is 3.40. The number of rotatable bonds is 6. The van der Waals surface area contributed by atoms with Gasteiger partial charge in [0.25, 0.3) is 5.91 Å². The molecule has 1 saturated carbocycles. The Bertz CT molecular complexity index is 1030. The highest BCUT2D eigenvalue weighted by molar-refractivity contribution is 7.89. The Labute approximate surface area is 182 Å². The van der Waals surface area contributed by atoms with E-state index in [4.69, 9.17) is 11.6 Å². The van der Waals surface area contributed by atoms with Crippen LogP contribution < -0.4 is 14.9 Å². The van der Waals surface area contributed by atoms with E-state index in [2.05, 4.69) is 26.9 Å². The largest absolute Gasteiger partial charge is 0.367 e. The fourth-order valence-corrected chi connectivity index (χ4v) is 4.88. The number of nitrogens with one attached hydrogen (secondary N) is 2. The molecule has 4 rings (SSSR count). The lowest BCUT2D eigenvalue weighted by Gasteiger charge is -2.35. The summed E-state index contributed by atoms with van der Waals surface area (Å²) >= 11 is 6.17. The van der Waals surface area contributed by atoms with Gasteiger partial charge in [-0.05, 0) is 62.4 Å². The summed E-state index contributed by atoms with van der Waals surface area (Å²) in [5.41, 5.74) is 1.95. The first-order chi connectivity index (χ1) is 14.3. The number of hydrogen-bond acceptors (Lipinski definition) is 5. The Kier molecular flexibility index (Phi) is 6.02. The Hall–Kier alpha value is -2.13. The standard InChI is InChI=1S/C21H25ClN4O3S/c1-25-10-12-26(13-11-25)20-9-4-16(22)14-19(20)23-21(27)15-2-7-18(8-3-15)30(28,29)24-17-5-6-17/h2-4,7-9,14,17,24H,5-6,10-13H2,1H3,(H,23,27). The lowest BCUT2D eigenvalue weighted by Crippen LogP contribution is -2.44. The molecule has 1 heterocycles. The number of nitrogens with zero attached hydrogens (tertiary/aromatic N) is 2. The van der Waals surface area contributed by atoms with Crippen LogP contribution in [-0.4, -0.2) is 58.5 Å². The summed E-state index contributed by atoms with van der Waals surface area (Å²) in [4.78, 5) is 17.5. The number of halogens is 1. The molecular weight excluding hydrogens is 424 g/mol. The van der Waals surface area contributed by atoms with E-state index < -0.39 is 10.0 Å². The molecule has 2 aromatic rings. The molecule has 0 spiro atoms. The lowest BCUT2D eigenvalue weighted by molar-refractivity contribution is 0.102. The SMILES string of the molecule is CN1CCN(c2ccc(Cl)cc2NC(=O)c2ccc(S(=O)(=O)NC3CC3)cc2)CC1. The molecule has 1 amide bonds. The summed E-state index contributed by atoms with van der Waals surface area (Å²) < 4.78 is 27.2. The predicted molar refractivity (Wildman–Crippen MR) is 119 cm³/mol. The Morgan fingerprint density at radius 1 is 1.03 bits per heavy atom. The molecule has 7 nitrogen and oxygen atoms in total. The Balaban J connectivity index is 1.50.